The highest BCUT2D eigenvalue weighted by Gasteiger charge is 2.31. The molecule has 0 spiro atoms. The lowest BCUT2D eigenvalue weighted by atomic mass is 9.72. The monoisotopic (exact) mass is 529 g/mol. The average Bonchev–Trinajstić information content (AvgIpc) is 2.77. The lowest BCUT2D eigenvalue weighted by molar-refractivity contribution is 0.131. The van der Waals surface area contributed by atoms with E-state index >= 15 is 0 Å². The Balaban J connectivity index is 0.00000320. The molecule has 1 saturated carbocycles. The van der Waals surface area contributed by atoms with Crippen molar-refractivity contribution < 1.29 is 5.11 Å². The summed E-state index contributed by atoms with van der Waals surface area (Å²) >= 11 is 0. The van der Waals surface area contributed by atoms with E-state index in [-0.39, 0.29) is 36.0 Å². The molecule has 2 aliphatic rings. The fourth-order valence-electron chi connectivity index (χ4n) is 4.69. The predicted molar refractivity (Wildman–Crippen MR) is 136 cm³/mol. The van der Waals surface area contributed by atoms with Crippen LogP contribution >= 0.6 is 24.0 Å². The third kappa shape index (κ3) is 7.55. The van der Waals surface area contributed by atoms with Gasteiger partial charge in [-0.2, -0.15) is 0 Å². The molecule has 1 aliphatic carbocycles. The topological polar surface area (TPSA) is 72.8 Å². The molecule has 0 atom stereocenters. The molecular weight excluding hydrogens is 489 g/mol. The minimum absolute atomic E-state index is 0. The van der Waals surface area contributed by atoms with Crippen molar-refractivity contribution in [3.05, 3.63) is 23.9 Å². The molecule has 1 saturated heterocycles. The van der Waals surface area contributed by atoms with Gasteiger partial charge in [0.2, 0.25) is 0 Å². The van der Waals surface area contributed by atoms with E-state index in [1.54, 1.807) is 0 Å². The highest BCUT2D eigenvalue weighted by molar-refractivity contribution is 14.0. The van der Waals surface area contributed by atoms with Gasteiger partial charge in [-0.3, -0.25) is 0 Å². The third-order valence-electron chi connectivity index (χ3n) is 6.44. The fourth-order valence-corrected chi connectivity index (χ4v) is 4.69. The maximum absolute atomic E-state index is 9.55. The van der Waals surface area contributed by atoms with Crippen LogP contribution in [0.5, 0.6) is 0 Å². The van der Waals surface area contributed by atoms with Crippen molar-refractivity contribution in [3.8, 4) is 0 Å². The normalized spacial score (nSPS) is 19.1. The van der Waals surface area contributed by atoms with Crippen LogP contribution in [0.1, 0.15) is 70.3 Å². The number of aliphatic hydroxyl groups is 1. The molecule has 170 valence electrons. The van der Waals surface area contributed by atoms with E-state index in [4.69, 9.17) is 4.99 Å². The molecule has 3 N–H and O–H groups in total. The van der Waals surface area contributed by atoms with Crippen LogP contribution in [0.2, 0.25) is 0 Å². The summed E-state index contributed by atoms with van der Waals surface area (Å²) in [5, 5.41) is 16.5. The minimum Gasteiger partial charge on any atom is -0.396 e. The largest absolute Gasteiger partial charge is 0.396 e. The zero-order valence-corrected chi connectivity index (χ0v) is 20.9. The quantitative estimate of drug-likeness (QED) is 0.269. The summed E-state index contributed by atoms with van der Waals surface area (Å²) in [6.07, 6.45) is 12.9. The molecule has 0 amide bonds. The van der Waals surface area contributed by atoms with Crippen LogP contribution in [0.25, 0.3) is 0 Å². The summed E-state index contributed by atoms with van der Waals surface area (Å²) < 4.78 is 0. The number of guanidine groups is 1. The Bertz CT molecular complexity index is 637. The Morgan fingerprint density at radius 2 is 1.87 bits per heavy atom. The fraction of sp³-hybridized carbons (Fsp3) is 0.739. The van der Waals surface area contributed by atoms with Gasteiger partial charge in [0.05, 0.1) is 6.54 Å². The first-order chi connectivity index (χ1) is 14.2. The number of hydrogen-bond donors (Lipinski definition) is 3. The van der Waals surface area contributed by atoms with Gasteiger partial charge in [0.25, 0.3) is 0 Å². The molecule has 30 heavy (non-hydrogen) atoms. The molecule has 2 heterocycles. The van der Waals surface area contributed by atoms with E-state index in [1.807, 2.05) is 6.20 Å². The van der Waals surface area contributed by atoms with E-state index in [0.717, 1.165) is 44.4 Å². The second-order valence-corrected chi connectivity index (χ2v) is 8.65. The van der Waals surface area contributed by atoms with Crippen LogP contribution in [0.3, 0.4) is 0 Å². The smallest absolute Gasteiger partial charge is 0.191 e. The summed E-state index contributed by atoms with van der Waals surface area (Å²) in [5.74, 6) is 1.95. The standard InChI is InChI=1S/C23H39N5O.HI/c1-2-24-22(27-19-23(12-16-29)10-5-3-6-11-23)26-18-20-9-13-25-21(17-20)28-14-7-4-8-15-28;/h9,13,17,29H,2-8,10-12,14-16,18-19H2,1H3,(H2,24,26,27);1H. The Morgan fingerprint density at radius 1 is 1.13 bits per heavy atom. The number of aromatic nitrogens is 1. The first-order valence-corrected chi connectivity index (χ1v) is 11.6. The van der Waals surface area contributed by atoms with Crippen molar-refractivity contribution in [2.24, 2.45) is 10.4 Å². The van der Waals surface area contributed by atoms with Crippen molar-refractivity contribution >= 4 is 35.8 Å². The average molecular weight is 530 g/mol. The van der Waals surface area contributed by atoms with Gasteiger partial charge in [0.15, 0.2) is 5.96 Å². The summed E-state index contributed by atoms with van der Waals surface area (Å²) in [4.78, 5) is 11.8. The zero-order valence-electron chi connectivity index (χ0n) is 18.5. The van der Waals surface area contributed by atoms with E-state index in [2.05, 4.69) is 39.6 Å². The number of aliphatic imine (C=N–C) groups is 1. The number of aliphatic hydroxyl groups excluding tert-OH is 1. The van der Waals surface area contributed by atoms with E-state index in [0.29, 0.717) is 6.54 Å². The second kappa shape index (κ2) is 13.3. The first-order valence-electron chi connectivity index (χ1n) is 11.6. The Labute approximate surface area is 199 Å². The molecule has 6 nitrogen and oxygen atoms in total. The van der Waals surface area contributed by atoms with Crippen LogP contribution in [-0.2, 0) is 6.54 Å². The SMILES string of the molecule is CCNC(=NCc1ccnc(N2CCCCC2)c1)NCC1(CCO)CCCCC1.I. The Hall–Kier alpha value is -1.09. The molecular formula is C23H40IN5O. The van der Waals surface area contributed by atoms with E-state index in [1.165, 1.54) is 56.9 Å². The van der Waals surface area contributed by atoms with Gasteiger partial charge in [0, 0.05) is 39.0 Å². The molecule has 2 fully saturated rings. The van der Waals surface area contributed by atoms with Crippen LogP contribution < -0.4 is 15.5 Å². The van der Waals surface area contributed by atoms with Crippen molar-refractivity contribution in [1.82, 2.24) is 15.6 Å². The first kappa shape index (κ1) is 25.2. The summed E-state index contributed by atoms with van der Waals surface area (Å²) in [7, 11) is 0. The predicted octanol–water partition coefficient (Wildman–Crippen LogP) is 4.08. The molecule has 7 heteroatoms. The molecule has 0 radical (unpaired) electrons. The Morgan fingerprint density at radius 3 is 2.57 bits per heavy atom. The van der Waals surface area contributed by atoms with E-state index in [9.17, 15) is 5.11 Å². The van der Waals surface area contributed by atoms with Crippen molar-refractivity contribution in [2.75, 3.05) is 37.7 Å². The van der Waals surface area contributed by atoms with E-state index < -0.39 is 0 Å². The molecule has 0 aromatic carbocycles. The van der Waals surface area contributed by atoms with Crippen molar-refractivity contribution in [1.29, 1.82) is 0 Å². The summed E-state index contributed by atoms with van der Waals surface area (Å²) in [6, 6.07) is 4.25. The van der Waals surface area contributed by atoms with Crippen LogP contribution in [0.4, 0.5) is 5.82 Å². The maximum Gasteiger partial charge on any atom is 0.191 e. The minimum atomic E-state index is 0. The zero-order chi connectivity index (χ0) is 20.4. The number of piperidine rings is 1. The van der Waals surface area contributed by atoms with Crippen LogP contribution in [0, 0.1) is 5.41 Å². The number of pyridine rings is 1. The number of nitrogens with one attached hydrogen (secondary N) is 2. The van der Waals surface area contributed by atoms with Gasteiger partial charge in [-0.25, -0.2) is 9.98 Å². The Kier molecular flexibility index (Phi) is 11.2. The molecule has 3 rings (SSSR count). The van der Waals surface area contributed by atoms with Crippen molar-refractivity contribution in [3.63, 3.8) is 0 Å². The number of halogens is 1. The lowest BCUT2D eigenvalue weighted by Crippen LogP contribution is -2.44. The van der Waals surface area contributed by atoms with Gasteiger partial charge in [-0.05, 0) is 68.6 Å². The summed E-state index contributed by atoms with van der Waals surface area (Å²) in [6.45, 7) is 6.95. The van der Waals surface area contributed by atoms with Gasteiger partial charge in [-0.15, -0.1) is 24.0 Å². The molecule has 1 aliphatic heterocycles. The van der Waals surface area contributed by atoms with Crippen molar-refractivity contribution in [2.45, 2.75) is 71.3 Å². The number of hydrogen-bond acceptors (Lipinski definition) is 4. The highest BCUT2D eigenvalue weighted by atomic mass is 127. The van der Waals surface area contributed by atoms with Gasteiger partial charge in [0.1, 0.15) is 5.82 Å². The van der Waals surface area contributed by atoms with Gasteiger partial charge >= 0.3 is 0 Å². The highest BCUT2D eigenvalue weighted by Crippen LogP contribution is 2.38. The number of nitrogens with zero attached hydrogens (tertiary/aromatic N) is 3. The second-order valence-electron chi connectivity index (χ2n) is 8.65. The maximum atomic E-state index is 9.55. The molecule has 0 unspecified atom stereocenters. The molecule has 1 aromatic rings. The summed E-state index contributed by atoms with van der Waals surface area (Å²) in [5.41, 5.74) is 1.40. The van der Waals surface area contributed by atoms with Crippen LogP contribution in [-0.4, -0.2) is 48.8 Å². The van der Waals surface area contributed by atoms with Crippen LogP contribution in [0.15, 0.2) is 23.3 Å². The number of rotatable bonds is 8. The lowest BCUT2D eigenvalue weighted by Gasteiger charge is -2.37. The van der Waals surface area contributed by atoms with Gasteiger partial charge in [-0.1, -0.05) is 19.3 Å². The third-order valence-corrected chi connectivity index (χ3v) is 6.44. The molecule has 1 aromatic heterocycles. The molecule has 0 bridgehead atoms. The number of anilines is 1. The van der Waals surface area contributed by atoms with Gasteiger partial charge < -0.3 is 20.6 Å².